The topological polar surface area (TPSA) is 55.8 Å². The lowest BCUT2D eigenvalue weighted by atomic mass is 9.43. The second kappa shape index (κ2) is 8.39. The summed E-state index contributed by atoms with van der Waals surface area (Å²) in [5, 5.41) is 9.17. The van der Waals surface area contributed by atoms with Gasteiger partial charge in [0.05, 0.1) is 12.2 Å². The van der Waals surface area contributed by atoms with Gasteiger partial charge >= 0.3 is 5.97 Å². The van der Waals surface area contributed by atoms with Gasteiger partial charge in [0.1, 0.15) is 0 Å². The van der Waals surface area contributed by atoms with Gasteiger partial charge in [0.2, 0.25) is 0 Å². The van der Waals surface area contributed by atoms with Gasteiger partial charge in [-0.15, -0.1) is 0 Å². The number of carboxylic acid groups (broad SMARTS) is 1. The Morgan fingerprint density at radius 2 is 1.70 bits per heavy atom. The lowest BCUT2D eigenvalue weighted by Crippen LogP contribution is -2.59. The minimum Gasteiger partial charge on any atom is -0.481 e. The maximum Gasteiger partial charge on any atom is 0.303 e. The molecular formula is C26H44O4. The number of rotatable bonds is 6. The molecule has 4 heteroatoms. The highest BCUT2D eigenvalue weighted by atomic mass is 16.5. The van der Waals surface area contributed by atoms with Crippen molar-refractivity contribution in [2.24, 2.45) is 46.3 Å². The van der Waals surface area contributed by atoms with Gasteiger partial charge in [-0.1, -0.05) is 20.8 Å². The number of hydrogen-bond acceptors (Lipinski definition) is 3. The second-order valence-corrected chi connectivity index (χ2v) is 11.8. The third-order valence-corrected chi connectivity index (χ3v) is 10.8. The summed E-state index contributed by atoms with van der Waals surface area (Å²) in [6, 6.07) is 0. The van der Waals surface area contributed by atoms with E-state index >= 15 is 0 Å². The molecule has 4 rings (SSSR count). The van der Waals surface area contributed by atoms with E-state index in [1.807, 2.05) is 14.2 Å². The fourth-order valence-electron chi connectivity index (χ4n) is 9.15. The first-order valence-corrected chi connectivity index (χ1v) is 12.5. The predicted molar refractivity (Wildman–Crippen MR) is 118 cm³/mol. The number of ether oxygens (including phenoxy) is 2. The number of carbonyl (C=O) groups is 1. The molecule has 0 amide bonds. The fraction of sp³-hybridized carbons (Fsp3) is 0.962. The highest BCUT2D eigenvalue weighted by Gasteiger charge is 2.63. The van der Waals surface area contributed by atoms with E-state index in [2.05, 4.69) is 20.8 Å². The Balaban J connectivity index is 1.57. The molecule has 0 bridgehead atoms. The molecule has 30 heavy (non-hydrogen) atoms. The molecule has 0 aliphatic heterocycles. The zero-order valence-corrected chi connectivity index (χ0v) is 19.9. The average Bonchev–Trinajstić information content (AvgIpc) is 3.08. The number of carboxylic acids is 1. The summed E-state index contributed by atoms with van der Waals surface area (Å²) in [6.45, 7) is 7.45. The van der Waals surface area contributed by atoms with Crippen molar-refractivity contribution in [1.29, 1.82) is 0 Å². The molecular weight excluding hydrogens is 376 g/mol. The average molecular weight is 421 g/mol. The van der Waals surface area contributed by atoms with Crippen molar-refractivity contribution in [3.63, 3.8) is 0 Å². The van der Waals surface area contributed by atoms with Crippen LogP contribution in [0, 0.1) is 46.3 Å². The van der Waals surface area contributed by atoms with Gasteiger partial charge in [0, 0.05) is 20.6 Å². The zero-order valence-electron chi connectivity index (χ0n) is 19.9. The SMILES string of the molecule is CO[C@@H]1CCC2(C)C(C1)C[C@@H](OC)C1C2CCC2(C)C(C(C)CCC(=O)O)CCC12. The van der Waals surface area contributed by atoms with Gasteiger partial charge in [-0.2, -0.15) is 0 Å². The van der Waals surface area contributed by atoms with Crippen molar-refractivity contribution in [1.82, 2.24) is 0 Å². The molecule has 0 saturated heterocycles. The molecule has 0 heterocycles. The van der Waals surface area contributed by atoms with Crippen LogP contribution in [0.1, 0.15) is 85.0 Å². The predicted octanol–water partition coefficient (Wildman–Crippen LogP) is 5.79. The second-order valence-electron chi connectivity index (χ2n) is 11.8. The van der Waals surface area contributed by atoms with Crippen LogP contribution in [0.5, 0.6) is 0 Å². The van der Waals surface area contributed by atoms with Crippen LogP contribution in [0.15, 0.2) is 0 Å². The first-order chi connectivity index (χ1) is 14.2. The van der Waals surface area contributed by atoms with Crippen LogP contribution >= 0.6 is 0 Å². The standard InChI is InChI=1S/C26H44O4/c1-16(6-9-23(27)28)19-7-8-20-24-21(11-13-26(19,20)3)25(2)12-10-18(29-4)14-17(25)15-22(24)30-5/h16-22,24H,6-15H2,1-5H3,(H,27,28)/t16?,17?,18-,19?,20?,21?,22-,24?,25?,26?/m1/s1. The molecule has 8 unspecified atom stereocenters. The highest BCUT2D eigenvalue weighted by molar-refractivity contribution is 5.66. The Hall–Kier alpha value is -0.610. The molecule has 4 saturated carbocycles. The normalized spacial score (nSPS) is 49.0. The van der Waals surface area contributed by atoms with Gasteiger partial charge in [-0.05, 0) is 104 Å². The maximum absolute atomic E-state index is 11.1. The Labute approximate surface area is 183 Å². The van der Waals surface area contributed by atoms with E-state index in [0.717, 1.165) is 24.2 Å². The molecule has 4 aliphatic rings. The van der Waals surface area contributed by atoms with Crippen molar-refractivity contribution in [2.75, 3.05) is 14.2 Å². The summed E-state index contributed by atoms with van der Waals surface area (Å²) >= 11 is 0. The molecule has 0 radical (unpaired) electrons. The Morgan fingerprint density at radius 3 is 2.37 bits per heavy atom. The lowest BCUT2D eigenvalue weighted by Gasteiger charge is -2.63. The van der Waals surface area contributed by atoms with Gasteiger partial charge in [-0.25, -0.2) is 0 Å². The minimum atomic E-state index is -0.650. The summed E-state index contributed by atoms with van der Waals surface area (Å²) in [5.74, 6) is 3.40. The smallest absolute Gasteiger partial charge is 0.303 e. The van der Waals surface area contributed by atoms with Crippen LogP contribution in [-0.2, 0) is 14.3 Å². The summed E-state index contributed by atoms with van der Waals surface area (Å²) < 4.78 is 12.0. The third-order valence-electron chi connectivity index (χ3n) is 10.8. The highest BCUT2D eigenvalue weighted by Crippen LogP contribution is 2.68. The summed E-state index contributed by atoms with van der Waals surface area (Å²) in [7, 11) is 3.82. The molecule has 1 N–H and O–H groups in total. The monoisotopic (exact) mass is 420 g/mol. The first-order valence-electron chi connectivity index (χ1n) is 12.5. The quantitative estimate of drug-likeness (QED) is 0.591. The molecule has 10 atom stereocenters. The summed E-state index contributed by atoms with van der Waals surface area (Å²) in [4.78, 5) is 11.1. The third kappa shape index (κ3) is 3.54. The molecule has 172 valence electrons. The molecule has 0 aromatic rings. The van der Waals surface area contributed by atoms with Crippen molar-refractivity contribution in [2.45, 2.75) is 97.2 Å². The van der Waals surface area contributed by atoms with Crippen LogP contribution in [0.3, 0.4) is 0 Å². The number of methoxy groups -OCH3 is 2. The van der Waals surface area contributed by atoms with Crippen LogP contribution < -0.4 is 0 Å². The molecule has 0 aromatic heterocycles. The van der Waals surface area contributed by atoms with E-state index < -0.39 is 5.97 Å². The number of hydrogen-bond donors (Lipinski definition) is 1. The van der Waals surface area contributed by atoms with Gasteiger partial charge in [-0.3, -0.25) is 4.79 Å². The maximum atomic E-state index is 11.1. The molecule has 0 aromatic carbocycles. The van der Waals surface area contributed by atoms with Crippen LogP contribution in [-0.4, -0.2) is 37.5 Å². The van der Waals surface area contributed by atoms with Crippen molar-refractivity contribution in [3.8, 4) is 0 Å². The molecule has 4 fully saturated rings. The Kier molecular flexibility index (Phi) is 6.31. The lowest BCUT2D eigenvalue weighted by molar-refractivity contribution is -0.183. The van der Waals surface area contributed by atoms with Gasteiger partial charge in [0.15, 0.2) is 0 Å². The van der Waals surface area contributed by atoms with E-state index in [1.165, 1.54) is 51.4 Å². The first kappa shape index (κ1) is 22.6. The van der Waals surface area contributed by atoms with E-state index in [9.17, 15) is 9.90 Å². The number of aliphatic carboxylic acids is 1. The van der Waals surface area contributed by atoms with Crippen molar-refractivity contribution in [3.05, 3.63) is 0 Å². The van der Waals surface area contributed by atoms with Crippen LogP contribution in [0.4, 0.5) is 0 Å². The van der Waals surface area contributed by atoms with Gasteiger partial charge in [0.25, 0.3) is 0 Å². The fourth-order valence-corrected chi connectivity index (χ4v) is 9.15. The van der Waals surface area contributed by atoms with Crippen molar-refractivity contribution >= 4 is 5.97 Å². The van der Waals surface area contributed by atoms with Crippen LogP contribution in [0.2, 0.25) is 0 Å². The largest absolute Gasteiger partial charge is 0.481 e. The molecule has 4 aliphatic carbocycles. The number of fused-ring (bicyclic) bond motifs is 5. The van der Waals surface area contributed by atoms with Gasteiger partial charge < -0.3 is 14.6 Å². The molecule has 0 spiro atoms. The Bertz CT molecular complexity index is 635. The van der Waals surface area contributed by atoms with Crippen LogP contribution in [0.25, 0.3) is 0 Å². The zero-order chi connectivity index (χ0) is 21.7. The molecule has 4 nitrogen and oxygen atoms in total. The Morgan fingerprint density at radius 1 is 1.00 bits per heavy atom. The summed E-state index contributed by atoms with van der Waals surface area (Å²) in [5.41, 5.74) is 0.784. The van der Waals surface area contributed by atoms with E-state index in [0.29, 0.717) is 47.2 Å². The minimum absolute atomic E-state index is 0.311. The van der Waals surface area contributed by atoms with E-state index in [-0.39, 0.29) is 0 Å². The van der Waals surface area contributed by atoms with E-state index in [4.69, 9.17) is 9.47 Å². The van der Waals surface area contributed by atoms with E-state index in [1.54, 1.807) is 0 Å². The van der Waals surface area contributed by atoms with Crippen molar-refractivity contribution < 1.29 is 19.4 Å². The summed E-state index contributed by atoms with van der Waals surface area (Å²) in [6.07, 6.45) is 12.1.